The van der Waals surface area contributed by atoms with Crippen molar-refractivity contribution in [1.82, 2.24) is 19.9 Å². The molecule has 2 fully saturated rings. The second kappa shape index (κ2) is 11.1. The summed E-state index contributed by atoms with van der Waals surface area (Å²) >= 11 is 1.52. The standard InChI is InChI=1S/C23H29N5O4S/c1(5-28-6-11-30-12-7-28)8-31-18-14-19-21(20(15-18)32-17-2-9-29-10-3-17)22(26-16-25-19)27-23-24-4-13-33-23/h4,13-17H,1-3,5-12H2,(H,24,25,26,27). The van der Waals surface area contributed by atoms with Crippen LogP contribution < -0.4 is 14.8 Å². The predicted octanol–water partition coefficient (Wildman–Crippen LogP) is 3.49. The summed E-state index contributed by atoms with van der Waals surface area (Å²) in [4.78, 5) is 15.7. The maximum absolute atomic E-state index is 6.45. The summed E-state index contributed by atoms with van der Waals surface area (Å²) < 4.78 is 23.5. The number of ether oxygens (including phenoxy) is 4. The molecular formula is C23H29N5O4S. The van der Waals surface area contributed by atoms with E-state index in [4.69, 9.17) is 18.9 Å². The van der Waals surface area contributed by atoms with Crippen molar-refractivity contribution in [3.05, 3.63) is 30.0 Å². The van der Waals surface area contributed by atoms with Crippen molar-refractivity contribution in [2.45, 2.75) is 25.4 Å². The van der Waals surface area contributed by atoms with Crippen molar-refractivity contribution < 1.29 is 18.9 Å². The summed E-state index contributed by atoms with van der Waals surface area (Å²) in [5, 5.41) is 6.84. The third-order valence-electron chi connectivity index (χ3n) is 5.79. The molecule has 9 nitrogen and oxygen atoms in total. The minimum absolute atomic E-state index is 0.0893. The van der Waals surface area contributed by atoms with Gasteiger partial charge in [-0.2, -0.15) is 0 Å². The highest BCUT2D eigenvalue weighted by Crippen LogP contribution is 2.37. The molecule has 0 aliphatic carbocycles. The van der Waals surface area contributed by atoms with E-state index < -0.39 is 0 Å². The summed E-state index contributed by atoms with van der Waals surface area (Å²) in [5.74, 6) is 2.16. The number of nitrogens with one attached hydrogen (secondary N) is 1. The van der Waals surface area contributed by atoms with E-state index in [0.29, 0.717) is 25.6 Å². The van der Waals surface area contributed by atoms with Gasteiger partial charge in [0.25, 0.3) is 0 Å². The van der Waals surface area contributed by atoms with Gasteiger partial charge >= 0.3 is 0 Å². The van der Waals surface area contributed by atoms with Gasteiger partial charge in [0, 0.05) is 56.2 Å². The molecule has 2 aromatic heterocycles. The summed E-state index contributed by atoms with van der Waals surface area (Å²) in [6.07, 6.45) is 6.07. The molecule has 176 valence electrons. The predicted molar refractivity (Wildman–Crippen MR) is 127 cm³/mol. The largest absolute Gasteiger partial charge is 0.493 e. The number of fused-ring (bicyclic) bond motifs is 1. The Hall–Kier alpha value is -2.53. The molecule has 0 saturated carbocycles. The molecule has 10 heteroatoms. The number of thiazole rings is 1. The molecule has 2 saturated heterocycles. The van der Waals surface area contributed by atoms with Gasteiger partial charge in [0.05, 0.1) is 43.9 Å². The minimum atomic E-state index is 0.0893. The monoisotopic (exact) mass is 471 g/mol. The van der Waals surface area contributed by atoms with Crippen molar-refractivity contribution in [1.29, 1.82) is 0 Å². The van der Waals surface area contributed by atoms with Gasteiger partial charge in [-0.1, -0.05) is 0 Å². The average molecular weight is 472 g/mol. The molecule has 2 aliphatic heterocycles. The zero-order valence-corrected chi connectivity index (χ0v) is 19.4. The van der Waals surface area contributed by atoms with Gasteiger partial charge in [0.2, 0.25) is 0 Å². The lowest BCUT2D eigenvalue weighted by molar-refractivity contribution is 0.0261. The highest BCUT2D eigenvalue weighted by atomic mass is 32.1. The molecule has 0 radical (unpaired) electrons. The fourth-order valence-electron chi connectivity index (χ4n) is 4.06. The zero-order chi connectivity index (χ0) is 22.3. The lowest BCUT2D eigenvalue weighted by Crippen LogP contribution is -2.37. The Morgan fingerprint density at radius 1 is 1.06 bits per heavy atom. The maximum Gasteiger partial charge on any atom is 0.188 e. The molecule has 2 aliphatic rings. The fourth-order valence-corrected chi connectivity index (χ4v) is 4.59. The van der Waals surface area contributed by atoms with Crippen molar-refractivity contribution in [2.24, 2.45) is 0 Å². The molecule has 0 unspecified atom stereocenters. The topological polar surface area (TPSA) is 90.9 Å². The molecule has 0 amide bonds. The second-order valence-electron chi connectivity index (χ2n) is 8.09. The quantitative estimate of drug-likeness (QED) is 0.471. The molecule has 1 N–H and O–H groups in total. The normalized spacial score (nSPS) is 17.8. The van der Waals surface area contributed by atoms with E-state index in [2.05, 4.69) is 25.2 Å². The van der Waals surface area contributed by atoms with Gasteiger partial charge in [0.15, 0.2) is 5.13 Å². The van der Waals surface area contributed by atoms with Crippen LogP contribution in [0.3, 0.4) is 0 Å². The molecular weight excluding hydrogens is 442 g/mol. The van der Waals surface area contributed by atoms with Crippen LogP contribution in [0.15, 0.2) is 30.0 Å². The van der Waals surface area contributed by atoms with Crippen LogP contribution >= 0.6 is 11.3 Å². The van der Waals surface area contributed by atoms with Crippen LogP contribution in [-0.4, -0.2) is 78.6 Å². The SMILES string of the molecule is c1csc(Nc2ncnc3cc(OCCCN4CCOCC4)cc(OC4CCOCC4)c23)n1. The third kappa shape index (κ3) is 5.89. The Labute approximate surface area is 197 Å². The fraction of sp³-hybridized carbons (Fsp3) is 0.522. The molecule has 3 aromatic rings. The molecule has 33 heavy (non-hydrogen) atoms. The smallest absolute Gasteiger partial charge is 0.188 e. The number of anilines is 2. The molecule has 0 spiro atoms. The first-order chi connectivity index (χ1) is 16.3. The number of rotatable bonds is 9. The number of benzene rings is 1. The average Bonchev–Trinajstić information content (AvgIpc) is 3.36. The van der Waals surface area contributed by atoms with Crippen LogP contribution in [0, 0.1) is 0 Å². The van der Waals surface area contributed by atoms with E-state index in [9.17, 15) is 0 Å². The number of hydrogen-bond acceptors (Lipinski definition) is 10. The first-order valence-electron chi connectivity index (χ1n) is 11.5. The molecule has 0 bridgehead atoms. The van der Waals surface area contributed by atoms with Crippen LogP contribution in [0.25, 0.3) is 10.9 Å². The van der Waals surface area contributed by atoms with Gasteiger partial charge in [-0.3, -0.25) is 4.90 Å². The molecule has 0 atom stereocenters. The first-order valence-corrected chi connectivity index (χ1v) is 12.4. The van der Waals surface area contributed by atoms with Crippen molar-refractivity contribution in [3.8, 4) is 11.5 Å². The van der Waals surface area contributed by atoms with Crippen molar-refractivity contribution in [3.63, 3.8) is 0 Å². The van der Waals surface area contributed by atoms with Crippen LogP contribution in [0.1, 0.15) is 19.3 Å². The van der Waals surface area contributed by atoms with Gasteiger partial charge < -0.3 is 24.3 Å². The Bertz CT molecular complexity index is 1020. The Morgan fingerprint density at radius 3 is 2.73 bits per heavy atom. The van der Waals surface area contributed by atoms with Crippen LogP contribution in [0.4, 0.5) is 10.9 Å². The number of hydrogen-bond donors (Lipinski definition) is 1. The second-order valence-corrected chi connectivity index (χ2v) is 8.98. The molecule has 1 aromatic carbocycles. The molecule has 5 rings (SSSR count). The Kier molecular flexibility index (Phi) is 7.47. The highest BCUT2D eigenvalue weighted by molar-refractivity contribution is 7.13. The van der Waals surface area contributed by atoms with Gasteiger partial charge in [-0.05, 0) is 6.42 Å². The van der Waals surface area contributed by atoms with E-state index in [1.54, 1.807) is 12.5 Å². The summed E-state index contributed by atoms with van der Waals surface area (Å²) in [7, 11) is 0. The minimum Gasteiger partial charge on any atom is -0.493 e. The van der Waals surface area contributed by atoms with E-state index >= 15 is 0 Å². The van der Waals surface area contributed by atoms with E-state index in [1.807, 2.05) is 17.5 Å². The van der Waals surface area contributed by atoms with Crippen LogP contribution in [-0.2, 0) is 9.47 Å². The number of morpholine rings is 1. The lowest BCUT2D eigenvalue weighted by atomic mass is 10.1. The number of nitrogens with zero attached hydrogens (tertiary/aromatic N) is 4. The van der Waals surface area contributed by atoms with Gasteiger partial charge in [-0.15, -0.1) is 11.3 Å². The van der Waals surface area contributed by atoms with Crippen LogP contribution in [0.2, 0.25) is 0 Å². The van der Waals surface area contributed by atoms with Crippen LogP contribution in [0.5, 0.6) is 11.5 Å². The third-order valence-corrected chi connectivity index (χ3v) is 6.47. The van der Waals surface area contributed by atoms with E-state index in [-0.39, 0.29) is 6.10 Å². The van der Waals surface area contributed by atoms with Crippen molar-refractivity contribution in [2.75, 3.05) is 58.0 Å². The summed E-state index contributed by atoms with van der Waals surface area (Å²) in [6, 6.07) is 3.92. The van der Waals surface area contributed by atoms with Gasteiger partial charge in [-0.25, -0.2) is 15.0 Å². The molecule has 4 heterocycles. The highest BCUT2D eigenvalue weighted by Gasteiger charge is 2.20. The summed E-state index contributed by atoms with van der Waals surface area (Å²) in [5.41, 5.74) is 0.775. The maximum atomic E-state index is 6.45. The lowest BCUT2D eigenvalue weighted by Gasteiger charge is -2.26. The van der Waals surface area contributed by atoms with Crippen molar-refractivity contribution >= 4 is 33.2 Å². The summed E-state index contributed by atoms with van der Waals surface area (Å²) in [6.45, 7) is 6.67. The van der Waals surface area contributed by atoms with Gasteiger partial charge in [0.1, 0.15) is 29.7 Å². The number of aromatic nitrogens is 3. The first kappa shape index (κ1) is 22.3. The van der Waals surface area contributed by atoms with E-state index in [0.717, 1.165) is 79.6 Å². The zero-order valence-electron chi connectivity index (χ0n) is 18.6. The Balaban J connectivity index is 1.35. The Morgan fingerprint density at radius 2 is 1.91 bits per heavy atom. The van der Waals surface area contributed by atoms with E-state index in [1.165, 1.54) is 11.3 Å².